The monoisotopic (exact) mass is 271 g/mol. The van der Waals surface area contributed by atoms with Crippen LogP contribution in [0.1, 0.15) is 13.8 Å². The van der Waals surface area contributed by atoms with Crippen molar-refractivity contribution in [1.82, 2.24) is 15.1 Å². The number of nitrogens with one attached hydrogen (secondary N) is 1. The topological polar surface area (TPSA) is 107 Å². The maximum absolute atomic E-state index is 11.7. The van der Waals surface area contributed by atoms with Crippen LogP contribution in [0.5, 0.6) is 0 Å². The van der Waals surface area contributed by atoms with Crippen LogP contribution in [0.15, 0.2) is 0 Å². The number of aliphatic carboxylic acids is 1. The van der Waals surface area contributed by atoms with Crippen molar-refractivity contribution in [3.05, 3.63) is 0 Å². The highest BCUT2D eigenvalue weighted by Crippen LogP contribution is 2.04. The number of nitrogens with zero attached hydrogens (tertiary/aromatic N) is 2. The minimum absolute atomic E-state index is 0.271. The molecule has 106 valence electrons. The minimum atomic E-state index is -1.16. The number of piperazine rings is 1. The van der Waals surface area contributed by atoms with Gasteiger partial charge in [0.2, 0.25) is 5.91 Å². The number of hydrogen-bond acceptors (Lipinski definition) is 4. The summed E-state index contributed by atoms with van der Waals surface area (Å²) in [6, 6.07) is -1.03. The molecule has 0 radical (unpaired) electrons. The average Bonchev–Trinajstić information content (AvgIpc) is 2.35. The highest BCUT2D eigenvalue weighted by Gasteiger charge is 2.32. The van der Waals surface area contributed by atoms with Gasteiger partial charge < -0.3 is 20.2 Å². The molecule has 19 heavy (non-hydrogen) atoms. The van der Waals surface area contributed by atoms with Crippen molar-refractivity contribution in [3.63, 3.8) is 0 Å². The molecule has 1 atom stereocenters. The van der Waals surface area contributed by atoms with Crippen molar-refractivity contribution in [1.29, 1.82) is 0 Å². The van der Waals surface area contributed by atoms with E-state index in [4.69, 9.17) is 5.11 Å². The van der Waals surface area contributed by atoms with Crippen LogP contribution in [0.2, 0.25) is 0 Å². The van der Waals surface area contributed by atoms with Gasteiger partial charge in [-0.3, -0.25) is 19.2 Å². The van der Waals surface area contributed by atoms with E-state index >= 15 is 0 Å². The quantitative estimate of drug-likeness (QED) is 0.578. The fourth-order valence-corrected chi connectivity index (χ4v) is 1.69. The molecule has 8 nitrogen and oxygen atoms in total. The van der Waals surface area contributed by atoms with Crippen LogP contribution in [0.25, 0.3) is 0 Å². The van der Waals surface area contributed by atoms with Crippen LogP contribution in [0.4, 0.5) is 0 Å². The van der Waals surface area contributed by atoms with Gasteiger partial charge in [-0.25, -0.2) is 0 Å². The first-order chi connectivity index (χ1) is 8.86. The van der Waals surface area contributed by atoms with Crippen molar-refractivity contribution in [2.75, 3.05) is 26.2 Å². The molecule has 0 aromatic rings. The summed E-state index contributed by atoms with van der Waals surface area (Å²) in [5.74, 6) is -3.12. The molecular weight excluding hydrogens is 254 g/mol. The smallest absolute Gasteiger partial charge is 0.325 e. The van der Waals surface area contributed by atoms with E-state index in [9.17, 15) is 19.2 Å². The predicted molar refractivity (Wildman–Crippen MR) is 64.1 cm³/mol. The van der Waals surface area contributed by atoms with E-state index in [2.05, 4.69) is 5.32 Å². The Hall–Kier alpha value is -2.12. The standard InChI is InChI=1S/C11H17N3O5/c1-3-13-4-5-14(10(17)9(13)16)6-8(15)12-7(2)11(18)19/h7H,3-6H2,1-2H3,(H,12,15)(H,18,19)/t7-/m0/s1. The van der Waals surface area contributed by atoms with Gasteiger partial charge in [0.1, 0.15) is 12.6 Å². The summed E-state index contributed by atoms with van der Waals surface area (Å²) >= 11 is 0. The number of likely N-dealkylation sites (N-methyl/N-ethyl adjacent to an activating group) is 1. The molecule has 3 amide bonds. The Bertz CT molecular complexity index is 409. The number of carbonyl (C=O) groups is 4. The summed E-state index contributed by atoms with van der Waals surface area (Å²) in [7, 11) is 0. The van der Waals surface area contributed by atoms with E-state index in [-0.39, 0.29) is 13.1 Å². The van der Waals surface area contributed by atoms with E-state index in [1.54, 1.807) is 6.92 Å². The maximum atomic E-state index is 11.7. The van der Waals surface area contributed by atoms with Crippen molar-refractivity contribution in [3.8, 4) is 0 Å². The fraction of sp³-hybridized carbons (Fsp3) is 0.636. The molecule has 1 fully saturated rings. The molecule has 1 heterocycles. The lowest BCUT2D eigenvalue weighted by Gasteiger charge is -2.32. The summed E-state index contributed by atoms with van der Waals surface area (Å²) in [5.41, 5.74) is 0. The number of carboxylic acids is 1. The van der Waals surface area contributed by atoms with Crippen molar-refractivity contribution in [2.24, 2.45) is 0 Å². The summed E-state index contributed by atoms with van der Waals surface area (Å²) in [5, 5.41) is 10.9. The maximum Gasteiger partial charge on any atom is 0.325 e. The summed E-state index contributed by atoms with van der Waals surface area (Å²) in [4.78, 5) is 47.9. The Morgan fingerprint density at radius 3 is 2.32 bits per heavy atom. The molecular formula is C11H17N3O5. The third-order valence-corrected chi connectivity index (χ3v) is 2.86. The molecule has 2 N–H and O–H groups in total. The average molecular weight is 271 g/mol. The van der Waals surface area contributed by atoms with Gasteiger partial charge in [0, 0.05) is 19.6 Å². The predicted octanol–water partition coefficient (Wildman–Crippen LogP) is -1.73. The first-order valence-electron chi connectivity index (χ1n) is 5.97. The van der Waals surface area contributed by atoms with Gasteiger partial charge in [-0.15, -0.1) is 0 Å². The van der Waals surface area contributed by atoms with Crippen molar-refractivity contribution >= 4 is 23.7 Å². The van der Waals surface area contributed by atoms with E-state index in [1.165, 1.54) is 11.8 Å². The molecule has 1 aliphatic heterocycles. The number of amides is 3. The lowest BCUT2D eigenvalue weighted by atomic mass is 10.2. The number of carbonyl (C=O) groups excluding carboxylic acids is 3. The second-order valence-electron chi connectivity index (χ2n) is 4.24. The van der Waals surface area contributed by atoms with Gasteiger partial charge in [0.25, 0.3) is 0 Å². The van der Waals surface area contributed by atoms with Crippen LogP contribution in [0.3, 0.4) is 0 Å². The molecule has 8 heteroatoms. The molecule has 0 bridgehead atoms. The molecule has 1 aliphatic rings. The Morgan fingerprint density at radius 1 is 1.26 bits per heavy atom. The Kier molecular flexibility index (Phi) is 4.85. The lowest BCUT2D eigenvalue weighted by Crippen LogP contribution is -2.56. The molecule has 1 rings (SSSR count). The lowest BCUT2D eigenvalue weighted by molar-refractivity contribution is -0.156. The van der Waals surface area contributed by atoms with Gasteiger partial charge in [0.05, 0.1) is 0 Å². The van der Waals surface area contributed by atoms with Gasteiger partial charge in [-0.2, -0.15) is 0 Å². The van der Waals surface area contributed by atoms with Crippen LogP contribution >= 0.6 is 0 Å². The highest BCUT2D eigenvalue weighted by molar-refractivity contribution is 6.35. The molecule has 0 unspecified atom stereocenters. The summed E-state index contributed by atoms with van der Waals surface area (Å²) in [6.45, 7) is 3.88. The van der Waals surface area contributed by atoms with E-state index < -0.39 is 29.7 Å². The van der Waals surface area contributed by atoms with Gasteiger partial charge in [-0.1, -0.05) is 0 Å². The van der Waals surface area contributed by atoms with Crippen LogP contribution in [-0.2, 0) is 19.2 Å². The first kappa shape index (κ1) is 14.9. The zero-order chi connectivity index (χ0) is 14.6. The van der Waals surface area contributed by atoms with Gasteiger partial charge >= 0.3 is 17.8 Å². The van der Waals surface area contributed by atoms with Gasteiger partial charge in [0.15, 0.2) is 0 Å². The number of carboxylic acid groups (broad SMARTS) is 1. The van der Waals surface area contributed by atoms with Gasteiger partial charge in [-0.05, 0) is 13.8 Å². The minimum Gasteiger partial charge on any atom is -0.480 e. The van der Waals surface area contributed by atoms with E-state index in [1.807, 2.05) is 0 Å². The van der Waals surface area contributed by atoms with Crippen LogP contribution in [-0.4, -0.2) is 70.8 Å². The van der Waals surface area contributed by atoms with Crippen LogP contribution < -0.4 is 5.32 Å². The molecule has 1 saturated heterocycles. The Morgan fingerprint density at radius 2 is 1.79 bits per heavy atom. The second kappa shape index (κ2) is 6.17. The van der Waals surface area contributed by atoms with E-state index in [0.29, 0.717) is 13.1 Å². The largest absolute Gasteiger partial charge is 0.480 e. The normalized spacial score (nSPS) is 17.4. The molecule has 0 saturated carbocycles. The number of rotatable bonds is 5. The molecule has 0 aromatic heterocycles. The number of hydrogen-bond donors (Lipinski definition) is 2. The summed E-state index contributed by atoms with van der Waals surface area (Å²) in [6.07, 6.45) is 0. The Balaban J connectivity index is 2.54. The molecule has 0 spiro atoms. The highest BCUT2D eigenvalue weighted by atomic mass is 16.4. The molecule has 0 aromatic carbocycles. The zero-order valence-electron chi connectivity index (χ0n) is 10.9. The molecule has 0 aliphatic carbocycles. The summed E-state index contributed by atoms with van der Waals surface area (Å²) < 4.78 is 0. The first-order valence-corrected chi connectivity index (χ1v) is 5.97. The van der Waals surface area contributed by atoms with E-state index in [0.717, 1.165) is 4.90 Å². The third-order valence-electron chi connectivity index (χ3n) is 2.86. The third kappa shape index (κ3) is 3.67. The Labute approximate surface area is 110 Å². The SMILES string of the molecule is CCN1CCN(CC(=O)N[C@@H](C)C(=O)O)C(=O)C1=O. The zero-order valence-corrected chi connectivity index (χ0v) is 10.9. The second-order valence-corrected chi connectivity index (χ2v) is 4.24. The fourth-order valence-electron chi connectivity index (χ4n) is 1.69. The van der Waals surface area contributed by atoms with Crippen molar-refractivity contribution < 1.29 is 24.3 Å². The van der Waals surface area contributed by atoms with Crippen LogP contribution in [0, 0.1) is 0 Å². The van der Waals surface area contributed by atoms with Crippen molar-refractivity contribution in [2.45, 2.75) is 19.9 Å².